The summed E-state index contributed by atoms with van der Waals surface area (Å²) in [6.07, 6.45) is 1.43. The summed E-state index contributed by atoms with van der Waals surface area (Å²) in [4.78, 5) is 25.1. The van der Waals surface area contributed by atoms with Gasteiger partial charge in [0.25, 0.3) is 5.91 Å². The molecule has 1 heterocycles. The third-order valence-electron chi connectivity index (χ3n) is 5.24. The molecular weight excluding hydrogens is 510 g/mol. The van der Waals surface area contributed by atoms with Crippen molar-refractivity contribution in [3.63, 3.8) is 0 Å². The molecule has 1 aliphatic heterocycles. The van der Waals surface area contributed by atoms with E-state index in [1.165, 1.54) is 13.3 Å². The van der Waals surface area contributed by atoms with Crippen LogP contribution in [0.3, 0.4) is 0 Å². The number of carbonyl (C=O) groups excluding carboxylic acids is 2. The Hall–Kier alpha value is -4.63. The lowest BCUT2D eigenvalue weighted by Crippen LogP contribution is -2.45. The number of allylic oxidation sites excluding steroid dienone is 1. The molecule has 1 atom stereocenters. The van der Waals surface area contributed by atoms with Crippen LogP contribution in [0.4, 0.5) is 0 Å². The fraction of sp³-hybridized carbons (Fsp3) is 0.269. The predicted octanol–water partition coefficient (Wildman–Crippen LogP) is 2.48. The Bertz CT molecular complexity index is 1300. The zero-order valence-corrected chi connectivity index (χ0v) is 21.9. The van der Waals surface area contributed by atoms with Crippen LogP contribution in [0, 0.1) is 11.3 Å². The van der Waals surface area contributed by atoms with E-state index in [1.807, 2.05) is 6.07 Å². The summed E-state index contributed by atoms with van der Waals surface area (Å²) in [6, 6.07) is 13.3. The highest BCUT2D eigenvalue weighted by molar-refractivity contribution is 7.80. The van der Waals surface area contributed by atoms with Gasteiger partial charge < -0.3 is 29.6 Å². The van der Waals surface area contributed by atoms with Crippen molar-refractivity contribution in [2.24, 2.45) is 5.10 Å². The van der Waals surface area contributed by atoms with Gasteiger partial charge in [0.1, 0.15) is 11.8 Å². The number of carbonyl (C=O) groups is 2. The van der Waals surface area contributed by atoms with Gasteiger partial charge in [0.15, 0.2) is 29.8 Å². The largest absolute Gasteiger partial charge is 0.493 e. The minimum Gasteiger partial charge on any atom is -0.493 e. The number of para-hydroxylation sites is 1. The van der Waals surface area contributed by atoms with Crippen molar-refractivity contribution in [2.75, 3.05) is 26.9 Å². The van der Waals surface area contributed by atoms with Crippen molar-refractivity contribution in [3.8, 4) is 23.3 Å². The number of ether oxygens (including phenoxy) is 4. The summed E-state index contributed by atoms with van der Waals surface area (Å²) < 4.78 is 21.5. The third kappa shape index (κ3) is 7.21. The Labute approximate surface area is 225 Å². The molecule has 2 aromatic carbocycles. The van der Waals surface area contributed by atoms with Crippen LogP contribution < -0.4 is 30.3 Å². The van der Waals surface area contributed by atoms with E-state index >= 15 is 0 Å². The molecule has 0 bridgehead atoms. The van der Waals surface area contributed by atoms with Crippen molar-refractivity contribution in [1.29, 1.82) is 5.26 Å². The second-order valence-corrected chi connectivity index (χ2v) is 8.18. The zero-order chi connectivity index (χ0) is 27.5. The van der Waals surface area contributed by atoms with Gasteiger partial charge in [0, 0.05) is 11.3 Å². The molecule has 0 fully saturated rings. The fourth-order valence-corrected chi connectivity index (χ4v) is 3.88. The maximum Gasteiger partial charge on any atom is 0.338 e. The van der Waals surface area contributed by atoms with E-state index < -0.39 is 17.9 Å². The molecule has 0 spiro atoms. The molecule has 0 aliphatic carbocycles. The average molecular weight is 538 g/mol. The molecule has 2 aromatic rings. The van der Waals surface area contributed by atoms with Crippen LogP contribution in [-0.2, 0) is 14.3 Å². The van der Waals surface area contributed by atoms with Gasteiger partial charge in [-0.3, -0.25) is 4.79 Å². The normalized spacial score (nSPS) is 14.7. The number of nitrogens with zero attached hydrogens (tertiary/aromatic N) is 2. The van der Waals surface area contributed by atoms with Crippen LogP contribution >= 0.6 is 12.2 Å². The number of thiocarbonyl (C=S) groups is 1. The maximum absolute atomic E-state index is 12.7. The lowest BCUT2D eigenvalue weighted by atomic mass is 9.95. The SMILES string of the molecule is CCOC(=O)C1=C(C)NC(=S)N[C@@H]1c1ccccc1OCC(=O)NN=Cc1ccc(OCC#N)c(OC)c1. The van der Waals surface area contributed by atoms with E-state index in [0.29, 0.717) is 44.8 Å². The molecular formula is C26H27N5O6S. The monoisotopic (exact) mass is 537 g/mol. The lowest BCUT2D eigenvalue weighted by Gasteiger charge is -2.30. The predicted molar refractivity (Wildman–Crippen MR) is 143 cm³/mol. The first kappa shape index (κ1) is 27.9. The lowest BCUT2D eigenvalue weighted by molar-refractivity contribution is -0.139. The minimum absolute atomic E-state index is 0.108. The van der Waals surface area contributed by atoms with Gasteiger partial charge in [0.05, 0.1) is 31.5 Å². The van der Waals surface area contributed by atoms with Crippen molar-refractivity contribution in [2.45, 2.75) is 19.9 Å². The standard InChI is InChI=1S/C26H27N5O6S/c1-4-35-25(33)23-16(2)29-26(38)30-24(23)18-7-5-6-8-19(18)37-15-22(32)31-28-14-17-9-10-20(36-12-11-27)21(13-17)34-3/h5-10,13-14,24H,4,12,15H2,1-3H3,(H,31,32)(H2,29,30,38)/t24-/m1/s1. The van der Waals surface area contributed by atoms with Gasteiger partial charge in [-0.05, 0) is 55.9 Å². The van der Waals surface area contributed by atoms with E-state index in [-0.39, 0.29) is 19.8 Å². The molecule has 0 aromatic heterocycles. The molecule has 3 rings (SSSR count). The van der Waals surface area contributed by atoms with E-state index in [2.05, 4.69) is 21.2 Å². The number of nitrogens with one attached hydrogen (secondary N) is 3. The van der Waals surface area contributed by atoms with Crippen LogP contribution in [0.5, 0.6) is 17.2 Å². The van der Waals surface area contributed by atoms with E-state index in [4.69, 9.17) is 36.4 Å². The first-order chi connectivity index (χ1) is 18.4. The van der Waals surface area contributed by atoms with Gasteiger partial charge in [-0.2, -0.15) is 10.4 Å². The van der Waals surface area contributed by atoms with Crippen LogP contribution in [0.2, 0.25) is 0 Å². The number of esters is 1. The summed E-state index contributed by atoms with van der Waals surface area (Å²) in [6.45, 7) is 3.25. The number of benzene rings is 2. The number of hydrogen-bond acceptors (Lipinski definition) is 9. The van der Waals surface area contributed by atoms with Crippen LogP contribution in [0.1, 0.15) is 31.0 Å². The van der Waals surface area contributed by atoms with Crippen LogP contribution in [-0.4, -0.2) is 50.1 Å². The number of methoxy groups -OCH3 is 1. The summed E-state index contributed by atoms with van der Waals surface area (Å²) in [5.41, 5.74) is 4.59. The third-order valence-corrected chi connectivity index (χ3v) is 5.46. The Morgan fingerprint density at radius 2 is 1.97 bits per heavy atom. The molecule has 1 amide bonds. The first-order valence-electron chi connectivity index (χ1n) is 11.5. The molecule has 0 saturated heterocycles. The number of nitriles is 1. The molecule has 3 N–H and O–H groups in total. The van der Waals surface area contributed by atoms with Gasteiger partial charge in [-0.1, -0.05) is 18.2 Å². The molecule has 198 valence electrons. The molecule has 1 aliphatic rings. The van der Waals surface area contributed by atoms with Crippen LogP contribution in [0.25, 0.3) is 0 Å². The van der Waals surface area contributed by atoms with Gasteiger partial charge in [-0.15, -0.1) is 0 Å². The smallest absolute Gasteiger partial charge is 0.338 e. The maximum atomic E-state index is 12.7. The zero-order valence-electron chi connectivity index (χ0n) is 21.1. The summed E-state index contributed by atoms with van der Waals surface area (Å²) in [5.74, 6) is 0.250. The molecule has 38 heavy (non-hydrogen) atoms. The Balaban J connectivity index is 1.67. The Kier molecular flexibility index (Phi) is 10.0. The van der Waals surface area contributed by atoms with Crippen molar-refractivity contribution in [1.82, 2.24) is 16.1 Å². The quantitative estimate of drug-likeness (QED) is 0.169. The van der Waals surface area contributed by atoms with Gasteiger partial charge in [0.2, 0.25) is 0 Å². The van der Waals surface area contributed by atoms with E-state index in [0.717, 1.165) is 0 Å². The fourth-order valence-electron chi connectivity index (χ4n) is 3.61. The minimum atomic E-state index is -0.629. The average Bonchev–Trinajstić information content (AvgIpc) is 2.90. The number of rotatable bonds is 11. The second kappa shape index (κ2) is 13.6. The topological polar surface area (TPSA) is 143 Å². The second-order valence-electron chi connectivity index (χ2n) is 7.77. The molecule has 0 unspecified atom stereocenters. The Morgan fingerprint density at radius 3 is 2.71 bits per heavy atom. The first-order valence-corrected chi connectivity index (χ1v) is 12.0. The van der Waals surface area contributed by atoms with Gasteiger partial charge in [-0.25, -0.2) is 10.2 Å². The molecule has 0 radical (unpaired) electrons. The molecule has 12 heteroatoms. The Morgan fingerprint density at radius 1 is 1.18 bits per heavy atom. The number of hydrazone groups is 1. The van der Waals surface area contributed by atoms with Gasteiger partial charge >= 0.3 is 5.97 Å². The van der Waals surface area contributed by atoms with Crippen molar-refractivity contribution < 1.29 is 28.5 Å². The highest BCUT2D eigenvalue weighted by atomic mass is 32.1. The number of hydrogen-bond donors (Lipinski definition) is 3. The summed E-state index contributed by atoms with van der Waals surface area (Å²) in [7, 11) is 1.48. The molecule has 0 saturated carbocycles. The van der Waals surface area contributed by atoms with E-state index in [9.17, 15) is 9.59 Å². The highest BCUT2D eigenvalue weighted by Crippen LogP contribution is 2.33. The summed E-state index contributed by atoms with van der Waals surface area (Å²) in [5, 5.41) is 19.0. The number of amides is 1. The summed E-state index contributed by atoms with van der Waals surface area (Å²) >= 11 is 5.29. The van der Waals surface area contributed by atoms with Crippen molar-refractivity contribution in [3.05, 3.63) is 64.9 Å². The van der Waals surface area contributed by atoms with Crippen molar-refractivity contribution >= 4 is 35.4 Å². The van der Waals surface area contributed by atoms with Crippen LogP contribution in [0.15, 0.2) is 58.8 Å². The highest BCUT2D eigenvalue weighted by Gasteiger charge is 2.32. The van der Waals surface area contributed by atoms with E-state index in [1.54, 1.807) is 56.3 Å². The molecule has 11 nitrogen and oxygen atoms in total.